The van der Waals surface area contributed by atoms with Gasteiger partial charge in [0, 0.05) is 35.9 Å². The SMILES string of the molecule is CCC(=O)CCC(C)C(C)=O.CCc1cc(Nc2nc3ccccc3s2)ccc1C(=O)C(C)CC. The van der Waals surface area contributed by atoms with Crippen LogP contribution >= 0.6 is 11.3 Å². The first-order valence-electron chi connectivity index (χ1n) is 12.5. The molecule has 3 aromatic rings. The van der Waals surface area contributed by atoms with Gasteiger partial charge in [0.2, 0.25) is 0 Å². The molecule has 6 heteroatoms. The monoisotopic (exact) mass is 494 g/mol. The van der Waals surface area contributed by atoms with Crippen LogP contribution in [0.15, 0.2) is 42.5 Å². The van der Waals surface area contributed by atoms with Gasteiger partial charge >= 0.3 is 0 Å². The molecule has 2 atom stereocenters. The highest BCUT2D eigenvalue weighted by atomic mass is 32.1. The second kappa shape index (κ2) is 13.9. The number of fused-ring (bicyclic) bond motifs is 1. The van der Waals surface area contributed by atoms with E-state index in [2.05, 4.69) is 36.3 Å². The summed E-state index contributed by atoms with van der Waals surface area (Å²) in [6, 6.07) is 14.1. The molecule has 0 spiro atoms. The predicted octanol–water partition coefficient (Wildman–Crippen LogP) is 7.80. The quantitative estimate of drug-likeness (QED) is 0.275. The van der Waals surface area contributed by atoms with Gasteiger partial charge in [-0.15, -0.1) is 0 Å². The summed E-state index contributed by atoms with van der Waals surface area (Å²) >= 11 is 1.64. The predicted molar refractivity (Wildman–Crippen MR) is 147 cm³/mol. The minimum atomic E-state index is 0.0468. The van der Waals surface area contributed by atoms with Gasteiger partial charge in [-0.3, -0.25) is 14.4 Å². The lowest BCUT2D eigenvalue weighted by Gasteiger charge is -2.13. The molecule has 3 rings (SSSR count). The zero-order valence-electron chi connectivity index (χ0n) is 21.8. The number of nitrogens with one attached hydrogen (secondary N) is 1. The van der Waals surface area contributed by atoms with Gasteiger partial charge in [-0.05, 0) is 62.1 Å². The Labute approximate surface area is 213 Å². The number of thiazole rings is 1. The molecular weight excluding hydrogens is 456 g/mol. The molecule has 0 saturated carbocycles. The highest BCUT2D eigenvalue weighted by Gasteiger charge is 2.17. The Bertz CT molecular complexity index is 1120. The van der Waals surface area contributed by atoms with Crippen molar-refractivity contribution in [2.45, 2.75) is 73.6 Å². The number of aryl methyl sites for hydroxylation is 1. The normalized spacial score (nSPS) is 12.4. The number of nitrogens with zero attached hydrogens (tertiary/aromatic N) is 1. The maximum absolute atomic E-state index is 12.5. The van der Waals surface area contributed by atoms with Crippen LogP contribution in [0.4, 0.5) is 10.8 Å². The van der Waals surface area contributed by atoms with Crippen LogP contribution in [0, 0.1) is 11.8 Å². The minimum Gasteiger partial charge on any atom is -0.332 e. The van der Waals surface area contributed by atoms with Gasteiger partial charge in [-0.2, -0.15) is 0 Å². The average Bonchev–Trinajstić information content (AvgIpc) is 3.28. The molecule has 1 aromatic heterocycles. The molecule has 0 aliphatic heterocycles. The number of carbonyl (C=O) groups is 3. The molecule has 35 heavy (non-hydrogen) atoms. The maximum atomic E-state index is 12.5. The van der Waals surface area contributed by atoms with E-state index in [0.29, 0.717) is 19.3 Å². The largest absolute Gasteiger partial charge is 0.332 e. The van der Waals surface area contributed by atoms with Crippen LogP contribution < -0.4 is 5.32 Å². The summed E-state index contributed by atoms with van der Waals surface area (Å²) in [5, 5.41) is 4.25. The molecule has 2 aromatic carbocycles. The van der Waals surface area contributed by atoms with Gasteiger partial charge in [0.05, 0.1) is 10.2 Å². The van der Waals surface area contributed by atoms with Crippen molar-refractivity contribution in [2.24, 2.45) is 11.8 Å². The number of benzene rings is 2. The average molecular weight is 495 g/mol. The van der Waals surface area contributed by atoms with Crippen LogP contribution in [0.3, 0.4) is 0 Å². The van der Waals surface area contributed by atoms with E-state index in [1.807, 2.05) is 51.1 Å². The Hall–Kier alpha value is -2.86. The number of hydrogen-bond donors (Lipinski definition) is 1. The van der Waals surface area contributed by atoms with Crippen molar-refractivity contribution in [1.82, 2.24) is 4.98 Å². The molecule has 0 bridgehead atoms. The zero-order chi connectivity index (χ0) is 26.0. The Morgan fingerprint density at radius 2 is 1.71 bits per heavy atom. The summed E-state index contributed by atoms with van der Waals surface area (Å²) < 4.78 is 1.17. The van der Waals surface area contributed by atoms with Gasteiger partial charge in [-0.25, -0.2) is 4.98 Å². The number of ketones is 3. The number of rotatable bonds is 11. The fraction of sp³-hybridized carbons (Fsp3) is 0.448. The molecule has 1 N–H and O–H groups in total. The third-order valence-electron chi connectivity index (χ3n) is 6.30. The number of Topliss-reactive ketones (excluding diaryl/α,β-unsaturated/α-hetero) is 3. The highest BCUT2D eigenvalue weighted by Crippen LogP contribution is 2.29. The van der Waals surface area contributed by atoms with E-state index in [1.165, 1.54) is 4.70 Å². The summed E-state index contributed by atoms with van der Waals surface area (Å²) in [7, 11) is 0. The minimum absolute atomic E-state index is 0.0468. The number of aromatic nitrogens is 1. The van der Waals surface area contributed by atoms with Crippen LogP contribution in [0.1, 0.15) is 83.1 Å². The molecule has 0 fully saturated rings. The van der Waals surface area contributed by atoms with E-state index in [1.54, 1.807) is 18.3 Å². The van der Waals surface area contributed by atoms with Crippen molar-refractivity contribution in [3.63, 3.8) is 0 Å². The van der Waals surface area contributed by atoms with E-state index in [4.69, 9.17) is 0 Å². The van der Waals surface area contributed by atoms with Crippen molar-refractivity contribution in [3.8, 4) is 0 Å². The molecular formula is C29H38N2O3S. The maximum Gasteiger partial charge on any atom is 0.188 e. The van der Waals surface area contributed by atoms with Gasteiger partial charge in [0.25, 0.3) is 0 Å². The van der Waals surface area contributed by atoms with E-state index in [-0.39, 0.29) is 29.2 Å². The van der Waals surface area contributed by atoms with E-state index in [9.17, 15) is 14.4 Å². The van der Waals surface area contributed by atoms with E-state index in [0.717, 1.165) is 40.3 Å². The lowest BCUT2D eigenvalue weighted by atomic mass is 9.92. The third kappa shape index (κ3) is 8.39. The van der Waals surface area contributed by atoms with Gasteiger partial charge in [-0.1, -0.05) is 58.1 Å². The van der Waals surface area contributed by atoms with Gasteiger partial charge in [0.15, 0.2) is 10.9 Å². The molecule has 0 amide bonds. The summed E-state index contributed by atoms with van der Waals surface area (Å²) in [6.45, 7) is 11.4. The second-order valence-corrected chi connectivity index (χ2v) is 9.98. The first kappa shape index (κ1) is 28.4. The van der Waals surface area contributed by atoms with Crippen LogP contribution in [-0.4, -0.2) is 22.3 Å². The smallest absolute Gasteiger partial charge is 0.188 e. The second-order valence-electron chi connectivity index (χ2n) is 8.95. The summed E-state index contributed by atoms with van der Waals surface area (Å²) in [4.78, 5) is 38.7. The lowest BCUT2D eigenvalue weighted by Crippen LogP contribution is -2.12. The molecule has 188 valence electrons. The van der Waals surface area contributed by atoms with Crippen LogP contribution in [-0.2, 0) is 16.0 Å². The summed E-state index contributed by atoms with van der Waals surface area (Å²) in [5.74, 6) is 0.775. The van der Waals surface area contributed by atoms with Crippen LogP contribution in [0.2, 0.25) is 0 Å². The molecule has 1 heterocycles. The molecule has 5 nitrogen and oxygen atoms in total. The van der Waals surface area contributed by atoms with Crippen molar-refractivity contribution < 1.29 is 14.4 Å². The molecule has 0 aliphatic carbocycles. The molecule has 0 aliphatic rings. The number of para-hydroxylation sites is 1. The van der Waals surface area contributed by atoms with E-state index >= 15 is 0 Å². The number of hydrogen-bond acceptors (Lipinski definition) is 6. The first-order chi connectivity index (χ1) is 16.7. The van der Waals surface area contributed by atoms with Crippen LogP contribution in [0.25, 0.3) is 10.2 Å². The lowest BCUT2D eigenvalue weighted by molar-refractivity contribution is -0.121. The first-order valence-corrected chi connectivity index (χ1v) is 13.3. The Morgan fingerprint density at radius 1 is 1.00 bits per heavy atom. The molecule has 0 radical (unpaired) electrons. The van der Waals surface area contributed by atoms with Gasteiger partial charge in [0.1, 0.15) is 11.6 Å². The molecule has 0 saturated heterocycles. The fourth-order valence-corrected chi connectivity index (χ4v) is 4.35. The van der Waals surface area contributed by atoms with Crippen molar-refractivity contribution >= 4 is 49.7 Å². The van der Waals surface area contributed by atoms with Crippen molar-refractivity contribution in [2.75, 3.05) is 5.32 Å². The number of anilines is 2. The Balaban J connectivity index is 0.000000334. The van der Waals surface area contributed by atoms with Crippen LogP contribution in [0.5, 0.6) is 0 Å². The standard InChI is InChI=1S/C20H22N2OS.C9H16O2/c1-4-13(3)19(23)16-11-10-15(12-14(16)5-2)21-20-22-17-8-6-7-9-18(17)24-20;1-4-9(11)6-5-7(2)8(3)10/h6-13H,4-5H2,1-3H3,(H,21,22);7H,4-6H2,1-3H3. The fourth-order valence-electron chi connectivity index (χ4n) is 3.46. The van der Waals surface area contributed by atoms with Crippen molar-refractivity contribution in [1.29, 1.82) is 0 Å². The third-order valence-corrected chi connectivity index (χ3v) is 7.25. The zero-order valence-corrected chi connectivity index (χ0v) is 22.6. The van der Waals surface area contributed by atoms with Gasteiger partial charge < -0.3 is 5.32 Å². The Morgan fingerprint density at radius 3 is 2.31 bits per heavy atom. The highest BCUT2D eigenvalue weighted by molar-refractivity contribution is 7.22. The van der Waals surface area contributed by atoms with E-state index < -0.39 is 0 Å². The Kier molecular flexibility index (Phi) is 11.3. The van der Waals surface area contributed by atoms with Crippen molar-refractivity contribution in [3.05, 3.63) is 53.6 Å². The summed E-state index contributed by atoms with van der Waals surface area (Å²) in [6.07, 6.45) is 3.56. The topological polar surface area (TPSA) is 76.1 Å². The summed E-state index contributed by atoms with van der Waals surface area (Å²) in [5.41, 5.74) is 3.92. The molecule has 2 unspecified atom stereocenters. The number of carbonyl (C=O) groups excluding carboxylic acids is 3.